The second-order valence-electron chi connectivity index (χ2n) is 5.56. The number of anilines is 1. The zero-order chi connectivity index (χ0) is 18.8. The number of para-hydroxylation sites is 2. The van der Waals surface area contributed by atoms with Crippen molar-refractivity contribution in [1.29, 1.82) is 0 Å². The van der Waals surface area contributed by atoms with Gasteiger partial charge in [-0.2, -0.15) is 0 Å². The number of ether oxygens (including phenoxy) is 2. The van der Waals surface area contributed by atoms with Crippen molar-refractivity contribution in [3.05, 3.63) is 58.1 Å². The van der Waals surface area contributed by atoms with E-state index in [1.54, 1.807) is 25.3 Å². The third-order valence-corrected chi connectivity index (χ3v) is 4.17. The van der Waals surface area contributed by atoms with Crippen LogP contribution in [0.4, 0.5) is 10.5 Å². The van der Waals surface area contributed by atoms with Gasteiger partial charge in [0.15, 0.2) is 0 Å². The Morgan fingerprint density at radius 1 is 1.12 bits per heavy atom. The molecule has 2 aromatic carbocycles. The first kappa shape index (κ1) is 20.4. The van der Waals surface area contributed by atoms with Crippen LogP contribution in [0.3, 0.4) is 0 Å². The number of urea groups is 1. The van der Waals surface area contributed by atoms with Crippen LogP contribution in [-0.2, 0) is 11.2 Å². The Morgan fingerprint density at radius 3 is 2.69 bits per heavy atom. The molecule has 0 bridgehead atoms. The molecule has 0 aliphatic rings. The minimum atomic E-state index is -0.303. The molecule has 2 N–H and O–H groups in total. The Bertz CT molecular complexity index is 726. The summed E-state index contributed by atoms with van der Waals surface area (Å²) in [6, 6.07) is 12.3. The summed E-state index contributed by atoms with van der Waals surface area (Å²) in [5, 5.41) is 6.79. The van der Waals surface area contributed by atoms with E-state index in [-0.39, 0.29) is 6.03 Å². The fraction of sp³-hybridized carbons (Fsp3) is 0.316. The molecule has 2 aromatic rings. The lowest BCUT2D eigenvalue weighted by Crippen LogP contribution is -2.30. The second kappa shape index (κ2) is 10.9. The number of methoxy groups -OCH3 is 1. The lowest BCUT2D eigenvalue weighted by atomic mass is 10.1. The number of carbonyl (C=O) groups excluding carboxylic acids is 1. The Balaban J connectivity index is 1.82. The van der Waals surface area contributed by atoms with E-state index in [1.807, 2.05) is 24.3 Å². The Kier molecular flexibility index (Phi) is 8.54. The van der Waals surface area contributed by atoms with Crippen LogP contribution in [-0.4, -0.2) is 32.9 Å². The number of hydrogen-bond acceptors (Lipinski definition) is 3. The van der Waals surface area contributed by atoms with E-state index >= 15 is 0 Å². The molecule has 2 rings (SSSR count). The van der Waals surface area contributed by atoms with Crippen molar-refractivity contribution >= 4 is 34.9 Å². The second-order valence-corrected chi connectivity index (χ2v) is 6.40. The van der Waals surface area contributed by atoms with E-state index in [0.717, 1.165) is 12.0 Å². The highest BCUT2D eigenvalue weighted by atomic mass is 35.5. The molecular weight excluding hydrogens is 375 g/mol. The number of carbonyl (C=O) groups is 1. The summed E-state index contributed by atoms with van der Waals surface area (Å²) in [7, 11) is 1.65. The lowest BCUT2D eigenvalue weighted by molar-refractivity contribution is 0.172. The highest BCUT2D eigenvalue weighted by Crippen LogP contribution is 2.24. The van der Waals surface area contributed by atoms with E-state index in [1.165, 1.54) is 0 Å². The SMILES string of the molecule is COCCCOc1ccccc1NC(=O)NCCc1ccc(Cl)cc1Cl. The van der Waals surface area contributed by atoms with Crippen molar-refractivity contribution in [2.45, 2.75) is 12.8 Å². The summed E-state index contributed by atoms with van der Waals surface area (Å²) in [6.07, 6.45) is 1.39. The molecule has 0 radical (unpaired) electrons. The largest absolute Gasteiger partial charge is 0.491 e. The summed E-state index contributed by atoms with van der Waals surface area (Å²) >= 11 is 12.0. The smallest absolute Gasteiger partial charge is 0.319 e. The lowest BCUT2D eigenvalue weighted by Gasteiger charge is -2.13. The van der Waals surface area contributed by atoms with Crippen LogP contribution in [0.5, 0.6) is 5.75 Å². The van der Waals surface area contributed by atoms with Crippen molar-refractivity contribution < 1.29 is 14.3 Å². The summed E-state index contributed by atoms with van der Waals surface area (Å²) in [5.74, 6) is 0.625. The molecule has 0 aliphatic heterocycles. The van der Waals surface area contributed by atoms with E-state index in [2.05, 4.69) is 10.6 Å². The molecule has 2 amide bonds. The maximum atomic E-state index is 12.1. The van der Waals surface area contributed by atoms with Crippen LogP contribution < -0.4 is 15.4 Å². The predicted octanol–water partition coefficient (Wildman–Crippen LogP) is 4.77. The predicted molar refractivity (Wildman–Crippen MR) is 106 cm³/mol. The van der Waals surface area contributed by atoms with Gasteiger partial charge < -0.3 is 20.1 Å². The van der Waals surface area contributed by atoms with Gasteiger partial charge in [-0.05, 0) is 36.2 Å². The molecule has 0 saturated heterocycles. The molecule has 140 valence electrons. The van der Waals surface area contributed by atoms with Crippen molar-refractivity contribution in [3.8, 4) is 5.75 Å². The van der Waals surface area contributed by atoms with Gasteiger partial charge in [0.05, 0.1) is 12.3 Å². The van der Waals surface area contributed by atoms with Gasteiger partial charge in [-0.1, -0.05) is 41.4 Å². The van der Waals surface area contributed by atoms with Crippen LogP contribution in [0.25, 0.3) is 0 Å². The number of benzene rings is 2. The molecule has 0 saturated carbocycles. The highest BCUT2D eigenvalue weighted by Gasteiger charge is 2.08. The molecule has 5 nitrogen and oxygen atoms in total. The normalized spacial score (nSPS) is 10.4. The summed E-state index contributed by atoms with van der Waals surface area (Å²) in [6.45, 7) is 1.59. The number of halogens is 2. The van der Waals surface area contributed by atoms with Crippen LogP contribution in [0.2, 0.25) is 10.0 Å². The average Bonchev–Trinajstić information content (AvgIpc) is 2.62. The van der Waals surface area contributed by atoms with Gasteiger partial charge in [0.1, 0.15) is 5.75 Å². The zero-order valence-electron chi connectivity index (χ0n) is 14.6. The number of hydrogen-bond donors (Lipinski definition) is 2. The van der Waals surface area contributed by atoms with Gasteiger partial charge in [-0.3, -0.25) is 0 Å². The molecule has 7 heteroatoms. The number of nitrogens with one attached hydrogen (secondary N) is 2. The van der Waals surface area contributed by atoms with Crippen molar-refractivity contribution in [2.24, 2.45) is 0 Å². The monoisotopic (exact) mass is 396 g/mol. The molecule has 0 heterocycles. The molecule has 0 spiro atoms. The quantitative estimate of drug-likeness (QED) is 0.599. The fourth-order valence-corrected chi connectivity index (χ4v) is 2.79. The van der Waals surface area contributed by atoms with Crippen molar-refractivity contribution in [1.82, 2.24) is 5.32 Å². The molecule has 0 aromatic heterocycles. The van der Waals surface area contributed by atoms with Gasteiger partial charge in [-0.25, -0.2) is 4.79 Å². The standard InChI is InChI=1S/C19H22Cl2N2O3/c1-25-11-4-12-26-18-6-3-2-5-17(18)23-19(24)22-10-9-14-7-8-15(20)13-16(14)21/h2-3,5-8,13H,4,9-12H2,1H3,(H2,22,23,24). The topological polar surface area (TPSA) is 59.6 Å². The first-order chi connectivity index (χ1) is 12.6. The van der Waals surface area contributed by atoms with Crippen LogP contribution >= 0.6 is 23.2 Å². The average molecular weight is 397 g/mol. The van der Waals surface area contributed by atoms with Crippen LogP contribution in [0, 0.1) is 0 Å². The summed E-state index contributed by atoms with van der Waals surface area (Å²) < 4.78 is 10.7. The van der Waals surface area contributed by atoms with Crippen molar-refractivity contribution in [2.75, 3.05) is 32.2 Å². The Labute approximate surface area is 163 Å². The van der Waals surface area contributed by atoms with Gasteiger partial charge in [0.25, 0.3) is 0 Å². The van der Waals surface area contributed by atoms with Gasteiger partial charge >= 0.3 is 6.03 Å². The molecule has 26 heavy (non-hydrogen) atoms. The zero-order valence-corrected chi connectivity index (χ0v) is 16.1. The van der Waals surface area contributed by atoms with E-state index in [0.29, 0.717) is 47.7 Å². The molecule has 0 unspecified atom stereocenters. The van der Waals surface area contributed by atoms with Gasteiger partial charge in [0, 0.05) is 36.7 Å². The van der Waals surface area contributed by atoms with E-state index in [9.17, 15) is 4.79 Å². The Morgan fingerprint density at radius 2 is 1.92 bits per heavy atom. The van der Waals surface area contributed by atoms with Crippen molar-refractivity contribution in [3.63, 3.8) is 0 Å². The molecular formula is C19H22Cl2N2O3. The number of rotatable bonds is 9. The minimum absolute atomic E-state index is 0.303. The van der Waals surface area contributed by atoms with Crippen LogP contribution in [0.15, 0.2) is 42.5 Å². The van der Waals surface area contributed by atoms with E-state index in [4.69, 9.17) is 32.7 Å². The van der Waals surface area contributed by atoms with Crippen LogP contribution in [0.1, 0.15) is 12.0 Å². The Hall–Kier alpha value is -1.95. The molecule has 0 fully saturated rings. The molecule has 0 atom stereocenters. The minimum Gasteiger partial charge on any atom is -0.491 e. The first-order valence-corrected chi connectivity index (χ1v) is 9.05. The number of amides is 2. The highest BCUT2D eigenvalue weighted by molar-refractivity contribution is 6.35. The summed E-state index contributed by atoms with van der Waals surface area (Å²) in [5.41, 5.74) is 1.55. The third kappa shape index (κ3) is 6.75. The van der Waals surface area contributed by atoms with Gasteiger partial charge in [-0.15, -0.1) is 0 Å². The molecule has 0 aliphatic carbocycles. The maximum Gasteiger partial charge on any atom is 0.319 e. The fourth-order valence-electron chi connectivity index (χ4n) is 2.28. The van der Waals surface area contributed by atoms with E-state index < -0.39 is 0 Å². The van der Waals surface area contributed by atoms with Gasteiger partial charge in [0.2, 0.25) is 0 Å². The first-order valence-electron chi connectivity index (χ1n) is 8.29. The summed E-state index contributed by atoms with van der Waals surface area (Å²) in [4.78, 5) is 12.1. The maximum absolute atomic E-state index is 12.1. The third-order valence-electron chi connectivity index (χ3n) is 3.58.